The highest BCUT2D eigenvalue weighted by atomic mass is 35.5. The van der Waals surface area contributed by atoms with E-state index in [0.29, 0.717) is 11.0 Å². The number of phenolic OH excluding ortho intramolecular Hbond substituents is 1. The van der Waals surface area contributed by atoms with Crippen LogP contribution in [0.25, 0.3) is 21.7 Å². The Balaban J connectivity index is 2.68. The fourth-order valence-electron chi connectivity index (χ4n) is 1.93. The number of halogens is 1. The van der Waals surface area contributed by atoms with Crippen molar-refractivity contribution in [2.75, 3.05) is 0 Å². The molecule has 0 spiro atoms. The zero-order valence-corrected chi connectivity index (χ0v) is 9.36. The Morgan fingerprint density at radius 1 is 1.06 bits per heavy atom. The molecule has 0 saturated heterocycles. The second-order valence-corrected chi connectivity index (χ2v) is 4.11. The number of fused-ring (bicyclic) bond motifs is 3. The van der Waals surface area contributed by atoms with Gasteiger partial charge in [0.2, 0.25) is 0 Å². The van der Waals surface area contributed by atoms with Crippen molar-refractivity contribution in [3.05, 3.63) is 51.8 Å². The Morgan fingerprint density at radius 3 is 2.65 bits per heavy atom. The maximum atomic E-state index is 11.8. The van der Waals surface area contributed by atoms with Gasteiger partial charge in [0.15, 0.2) is 0 Å². The van der Waals surface area contributed by atoms with Gasteiger partial charge in [-0.15, -0.1) is 0 Å². The summed E-state index contributed by atoms with van der Waals surface area (Å²) in [5, 5.41) is 11.5. The summed E-state index contributed by atoms with van der Waals surface area (Å²) in [5.41, 5.74) is -0.0922. The lowest BCUT2D eigenvalue weighted by atomic mass is 10.1. The number of aromatic hydroxyl groups is 1. The van der Waals surface area contributed by atoms with Gasteiger partial charge >= 0.3 is 5.63 Å². The van der Waals surface area contributed by atoms with Gasteiger partial charge in [0.1, 0.15) is 16.7 Å². The van der Waals surface area contributed by atoms with Crippen LogP contribution in [0.1, 0.15) is 0 Å². The van der Waals surface area contributed by atoms with E-state index in [9.17, 15) is 9.90 Å². The predicted molar refractivity (Wildman–Crippen MR) is 66.7 cm³/mol. The molecule has 3 nitrogen and oxygen atoms in total. The van der Waals surface area contributed by atoms with Gasteiger partial charge in [-0.25, -0.2) is 4.79 Å². The van der Waals surface area contributed by atoms with Crippen LogP contribution in [0.2, 0.25) is 5.02 Å². The van der Waals surface area contributed by atoms with E-state index < -0.39 is 5.63 Å². The highest BCUT2D eigenvalue weighted by Gasteiger charge is 2.12. The minimum absolute atomic E-state index is 0.121. The molecule has 0 saturated carbocycles. The molecule has 2 aromatic carbocycles. The molecular formula is C13H7ClO3. The Labute approximate surface area is 101 Å². The third-order valence-corrected chi connectivity index (χ3v) is 3.02. The van der Waals surface area contributed by atoms with Gasteiger partial charge in [-0.05, 0) is 12.1 Å². The maximum absolute atomic E-state index is 11.8. The SMILES string of the molecule is O=c1oc2ccccc2c2ccc(Cl)c(O)c12. The lowest BCUT2D eigenvalue weighted by molar-refractivity contribution is 0.478. The van der Waals surface area contributed by atoms with Crippen molar-refractivity contribution < 1.29 is 9.52 Å². The first kappa shape index (κ1) is 10.2. The number of rotatable bonds is 0. The smallest absolute Gasteiger partial charge is 0.348 e. The number of hydrogen-bond acceptors (Lipinski definition) is 3. The third-order valence-electron chi connectivity index (χ3n) is 2.71. The Kier molecular flexibility index (Phi) is 2.09. The van der Waals surface area contributed by atoms with Crippen LogP contribution in [0, 0.1) is 0 Å². The summed E-state index contributed by atoms with van der Waals surface area (Å²) >= 11 is 5.78. The molecule has 1 aromatic heterocycles. The molecule has 0 bridgehead atoms. The van der Waals surface area contributed by atoms with E-state index in [-0.39, 0.29) is 16.2 Å². The molecule has 0 fully saturated rings. The van der Waals surface area contributed by atoms with E-state index in [1.165, 1.54) is 0 Å². The molecule has 0 aliphatic heterocycles. The van der Waals surface area contributed by atoms with Gasteiger partial charge in [0, 0.05) is 10.8 Å². The minimum atomic E-state index is -0.585. The molecule has 0 unspecified atom stereocenters. The molecule has 4 heteroatoms. The van der Waals surface area contributed by atoms with Gasteiger partial charge in [-0.1, -0.05) is 35.9 Å². The summed E-state index contributed by atoms with van der Waals surface area (Å²) in [5.74, 6) is -0.233. The van der Waals surface area contributed by atoms with Gasteiger partial charge in [-0.3, -0.25) is 0 Å². The average molecular weight is 247 g/mol. The van der Waals surface area contributed by atoms with Crippen LogP contribution >= 0.6 is 11.6 Å². The van der Waals surface area contributed by atoms with Crippen molar-refractivity contribution >= 4 is 33.3 Å². The topological polar surface area (TPSA) is 50.4 Å². The molecule has 0 atom stereocenters. The van der Waals surface area contributed by atoms with Crippen molar-refractivity contribution in [3.8, 4) is 5.75 Å². The second kappa shape index (κ2) is 3.50. The zero-order valence-electron chi connectivity index (χ0n) is 8.61. The van der Waals surface area contributed by atoms with Crippen LogP contribution in [-0.4, -0.2) is 5.11 Å². The first-order valence-corrected chi connectivity index (χ1v) is 5.39. The van der Waals surface area contributed by atoms with E-state index in [0.717, 1.165) is 5.39 Å². The predicted octanol–water partition coefficient (Wildman–Crippen LogP) is 3.31. The highest BCUT2D eigenvalue weighted by Crippen LogP contribution is 2.33. The third kappa shape index (κ3) is 1.40. The normalized spacial score (nSPS) is 11.1. The summed E-state index contributed by atoms with van der Waals surface area (Å²) < 4.78 is 5.14. The number of hydrogen-bond donors (Lipinski definition) is 1. The quantitative estimate of drug-likeness (QED) is 0.489. The van der Waals surface area contributed by atoms with Crippen LogP contribution in [0.4, 0.5) is 0 Å². The Hall–Kier alpha value is -2.00. The first-order valence-electron chi connectivity index (χ1n) is 5.01. The molecule has 3 aromatic rings. The van der Waals surface area contributed by atoms with Crippen molar-refractivity contribution in [1.29, 1.82) is 0 Å². The van der Waals surface area contributed by atoms with Gasteiger partial charge < -0.3 is 9.52 Å². The summed E-state index contributed by atoms with van der Waals surface area (Å²) in [6, 6.07) is 10.4. The first-order chi connectivity index (χ1) is 8.18. The highest BCUT2D eigenvalue weighted by molar-refractivity contribution is 6.33. The van der Waals surface area contributed by atoms with E-state index in [2.05, 4.69) is 0 Å². The van der Waals surface area contributed by atoms with Gasteiger partial charge in [-0.2, -0.15) is 0 Å². The zero-order chi connectivity index (χ0) is 12.0. The summed E-state index contributed by atoms with van der Waals surface area (Å²) in [7, 11) is 0. The molecule has 84 valence electrons. The van der Waals surface area contributed by atoms with Crippen LogP contribution in [-0.2, 0) is 0 Å². The summed E-state index contributed by atoms with van der Waals surface area (Å²) in [6.07, 6.45) is 0. The molecule has 1 N–H and O–H groups in total. The molecular weight excluding hydrogens is 240 g/mol. The maximum Gasteiger partial charge on any atom is 0.348 e. The average Bonchev–Trinajstić information content (AvgIpc) is 2.33. The van der Waals surface area contributed by atoms with Crippen molar-refractivity contribution in [3.63, 3.8) is 0 Å². The molecule has 17 heavy (non-hydrogen) atoms. The van der Waals surface area contributed by atoms with E-state index in [1.807, 2.05) is 12.1 Å². The van der Waals surface area contributed by atoms with Crippen LogP contribution in [0.5, 0.6) is 5.75 Å². The van der Waals surface area contributed by atoms with Gasteiger partial charge in [0.25, 0.3) is 0 Å². The van der Waals surface area contributed by atoms with Gasteiger partial charge in [0.05, 0.1) is 5.02 Å². The largest absolute Gasteiger partial charge is 0.505 e. The van der Waals surface area contributed by atoms with Crippen molar-refractivity contribution in [2.45, 2.75) is 0 Å². The minimum Gasteiger partial charge on any atom is -0.505 e. The van der Waals surface area contributed by atoms with E-state index >= 15 is 0 Å². The fourth-order valence-corrected chi connectivity index (χ4v) is 2.08. The Bertz CT molecular complexity index is 790. The number of para-hydroxylation sites is 1. The Morgan fingerprint density at radius 2 is 1.82 bits per heavy atom. The molecule has 0 aliphatic carbocycles. The molecule has 0 radical (unpaired) electrons. The summed E-state index contributed by atoms with van der Waals surface area (Å²) in [4.78, 5) is 11.8. The molecule has 0 amide bonds. The van der Waals surface area contributed by atoms with Crippen molar-refractivity contribution in [1.82, 2.24) is 0 Å². The lowest BCUT2D eigenvalue weighted by Gasteiger charge is -2.04. The van der Waals surface area contributed by atoms with E-state index in [1.54, 1.807) is 24.3 Å². The molecule has 3 rings (SSSR count). The monoisotopic (exact) mass is 246 g/mol. The molecule has 0 aliphatic rings. The van der Waals surface area contributed by atoms with Crippen LogP contribution in [0.15, 0.2) is 45.6 Å². The fraction of sp³-hybridized carbons (Fsp3) is 0. The molecule has 1 heterocycles. The number of phenols is 1. The standard InChI is InChI=1S/C13H7ClO3/c14-9-6-5-8-7-3-1-2-4-10(7)17-13(16)11(8)12(9)15/h1-6,15H. The van der Waals surface area contributed by atoms with Crippen molar-refractivity contribution in [2.24, 2.45) is 0 Å². The summed E-state index contributed by atoms with van der Waals surface area (Å²) in [6.45, 7) is 0. The second-order valence-electron chi connectivity index (χ2n) is 3.70. The van der Waals surface area contributed by atoms with Crippen LogP contribution < -0.4 is 5.63 Å². The number of benzene rings is 2. The lowest BCUT2D eigenvalue weighted by Crippen LogP contribution is -2.00. The van der Waals surface area contributed by atoms with E-state index in [4.69, 9.17) is 16.0 Å². The van der Waals surface area contributed by atoms with Crippen LogP contribution in [0.3, 0.4) is 0 Å².